The Morgan fingerprint density at radius 3 is 2.57 bits per heavy atom. The Morgan fingerprint density at radius 2 is 1.80 bits per heavy atom. The fourth-order valence-electron chi connectivity index (χ4n) is 8.63. The summed E-state index contributed by atoms with van der Waals surface area (Å²) < 4.78 is 46.6. The summed E-state index contributed by atoms with van der Waals surface area (Å²) in [6.07, 6.45) is 12.2. The van der Waals surface area contributed by atoms with E-state index in [2.05, 4.69) is 21.4 Å². The largest absolute Gasteiger partial charge is 0.496 e. The van der Waals surface area contributed by atoms with Crippen molar-refractivity contribution in [1.29, 1.82) is 0 Å². The summed E-state index contributed by atoms with van der Waals surface area (Å²) >= 11 is 0. The van der Waals surface area contributed by atoms with Crippen LogP contribution < -0.4 is 24.8 Å². The van der Waals surface area contributed by atoms with Crippen LogP contribution in [0.4, 0.5) is 4.79 Å². The molecule has 15 heteroatoms. The number of pyridine rings is 1. The summed E-state index contributed by atoms with van der Waals surface area (Å²) in [5.41, 5.74) is 1.04. The van der Waals surface area contributed by atoms with Gasteiger partial charge in [-0.05, 0) is 62.8 Å². The Labute approximate surface area is 356 Å². The van der Waals surface area contributed by atoms with Crippen molar-refractivity contribution in [3.8, 4) is 22.8 Å². The molecular formula is C46H55N5O9S. The van der Waals surface area contributed by atoms with E-state index in [1.165, 1.54) is 4.90 Å². The number of allylic oxidation sites excluding steroid dienone is 2. The van der Waals surface area contributed by atoms with Crippen LogP contribution in [0, 0.1) is 11.3 Å². The predicted octanol–water partition coefficient (Wildman–Crippen LogP) is 6.19. The maximum atomic E-state index is 14.8. The number of hydrogen-bond donors (Lipinski definition) is 3. The molecule has 2 aliphatic carbocycles. The summed E-state index contributed by atoms with van der Waals surface area (Å²) in [7, 11) is -2.30. The van der Waals surface area contributed by atoms with E-state index in [0.29, 0.717) is 73.0 Å². The van der Waals surface area contributed by atoms with Crippen LogP contribution in [0.1, 0.15) is 90.0 Å². The zero-order chi connectivity index (χ0) is 42.9. The van der Waals surface area contributed by atoms with E-state index < -0.39 is 68.7 Å². The first kappa shape index (κ1) is 42.3. The lowest BCUT2D eigenvalue weighted by Crippen LogP contribution is -2.58. The average molecular weight is 854 g/mol. The fraction of sp³-hybridized carbons (Fsp3) is 0.500. The van der Waals surface area contributed by atoms with Gasteiger partial charge in [0, 0.05) is 41.0 Å². The SMILES string of the molecule is COc1cc2nc(-c3ccccc3)cc3c2cc1C=CCCC(C)(C)COC(=O)N[C@H]1CCCCCC=C[C@@H]2C[C@@]2(C(=O)NS(=O)(=O)C2CC2)NC(=O)[C@@H]2C[C@H](CN2C1=O)O3. The normalized spacial score (nSPS) is 27.2. The molecule has 8 rings (SSSR count). The minimum absolute atomic E-state index is 0.0107. The number of nitrogens with zero attached hydrogens (tertiary/aromatic N) is 2. The number of aromatic nitrogens is 1. The molecule has 3 aromatic rings. The predicted molar refractivity (Wildman–Crippen MR) is 230 cm³/mol. The molecule has 61 heavy (non-hydrogen) atoms. The van der Waals surface area contributed by atoms with Gasteiger partial charge in [-0.15, -0.1) is 0 Å². The first-order valence-electron chi connectivity index (χ1n) is 21.5. The molecule has 2 aromatic carbocycles. The van der Waals surface area contributed by atoms with Crippen LogP contribution in [-0.2, 0) is 29.1 Å². The molecule has 3 fully saturated rings. The zero-order valence-corrected chi connectivity index (χ0v) is 35.8. The summed E-state index contributed by atoms with van der Waals surface area (Å²) in [6, 6.07) is 13.3. The van der Waals surface area contributed by atoms with Crippen molar-refractivity contribution in [3.63, 3.8) is 0 Å². The third-order valence-electron chi connectivity index (χ3n) is 12.5. The zero-order valence-electron chi connectivity index (χ0n) is 35.0. The third-order valence-corrected chi connectivity index (χ3v) is 14.3. The highest BCUT2D eigenvalue weighted by Crippen LogP contribution is 2.46. The molecule has 0 unspecified atom stereocenters. The van der Waals surface area contributed by atoms with Gasteiger partial charge >= 0.3 is 6.09 Å². The number of nitrogens with one attached hydrogen (secondary N) is 3. The lowest BCUT2D eigenvalue weighted by molar-refractivity contribution is -0.141. The van der Waals surface area contributed by atoms with Crippen LogP contribution in [0.25, 0.3) is 28.2 Å². The van der Waals surface area contributed by atoms with Gasteiger partial charge in [0.2, 0.25) is 21.8 Å². The number of rotatable bonds is 5. The van der Waals surface area contributed by atoms with Crippen LogP contribution in [0.3, 0.4) is 0 Å². The number of methoxy groups -OCH3 is 1. The van der Waals surface area contributed by atoms with Crippen molar-refractivity contribution in [2.45, 2.75) is 113 Å². The van der Waals surface area contributed by atoms with Gasteiger partial charge in [0.1, 0.15) is 35.2 Å². The molecule has 2 saturated carbocycles. The van der Waals surface area contributed by atoms with Gasteiger partial charge in [0.25, 0.3) is 5.91 Å². The van der Waals surface area contributed by atoms with E-state index in [1.807, 2.05) is 80.6 Å². The van der Waals surface area contributed by atoms with Gasteiger partial charge in [-0.25, -0.2) is 18.2 Å². The first-order chi connectivity index (χ1) is 29.2. The smallest absolute Gasteiger partial charge is 0.407 e. The number of cyclic esters (lactones) is 1. The van der Waals surface area contributed by atoms with E-state index >= 15 is 0 Å². The molecule has 5 aliphatic rings. The molecule has 5 bridgehead atoms. The molecule has 1 aromatic heterocycles. The molecule has 1 saturated heterocycles. The fourth-order valence-corrected chi connectivity index (χ4v) is 9.99. The number of carbonyl (C=O) groups is 4. The summed E-state index contributed by atoms with van der Waals surface area (Å²) in [5, 5.41) is 5.83. The standard InChI is InChI=1S/C46H55N5O9S/c1-45(2)21-13-12-16-30-22-34-37(25-39(30)58-3)47-36(29-14-8-7-9-15-29)24-40(34)60-32-23-38-41(52)49-46(43(54)50-61(56,57)33-19-20-33)26-31(46)17-10-5-4-6-11-18-35(42(53)51(38)27-32)48-44(55)59-28-45/h7-10,12,14-17,22,24-25,31-33,35,38H,4-6,11,13,18-21,23,26-28H2,1-3H3,(H,48,55)(H,49,52)(H,50,54)/t31-,32-,35+,38+,46-/m1/s1. The molecule has 0 radical (unpaired) electrons. The number of alkyl carbamates (subject to hydrolysis) is 1. The Kier molecular flexibility index (Phi) is 11.9. The number of ether oxygens (including phenoxy) is 3. The second-order valence-electron chi connectivity index (χ2n) is 17.9. The van der Waals surface area contributed by atoms with Crippen molar-refractivity contribution in [3.05, 3.63) is 72.3 Å². The molecule has 5 atom stereocenters. The Morgan fingerprint density at radius 1 is 1.00 bits per heavy atom. The van der Waals surface area contributed by atoms with Crippen LogP contribution in [0.2, 0.25) is 0 Å². The first-order valence-corrected chi connectivity index (χ1v) is 23.0. The average Bonchev–Trinajstić information content (AvgIpc) is 4.17. The Bertz CT molecular complexity index is 2360. The lowest BCUT2D eigenvalue weighted by atomic mass is 9.88. The molecule has 3 aliphatic heterocycles. The highest BCUT2D eigenvalue weighted by molar-refractivity contribution is 7.91. The molecule has 324 valence electrons. The number of hydrogen-bond acceptors (Lipinski definition) is 10. The van der Waals surface area contributed by atoms with E-state index in [-0.39, 0.29) is 31.4 Å². The van der Waals surface area contributed by atoms with Crippen LogP contribution in [0.5, 0.6) is 11.5 Å². The van der Waals surface area contributed by atoms with Crippen molar-refractivity contribution in [2.24, 2.45) is 11.3 Å². The molecule has 3 N–H and O–H groups in total. The van der Waals surface area contributed by atoms with Crippen molar-refractivity contribution in [1.82, 2.24) is 25.2 Å². The number of amides is 4. The molecule has 0 spiro atoms. The topological polar surface area (TPSA) is 182 Å². The second-order valence-corrected chi connectivity index (χ2v) is 19.8. The van der Waals surface area contributed by atoms with Crippen molar-refractivity contribution < 1.29 is 41.8 Å². The van der Waals surface area contributed by atoms with Gasteiger partial charge in [0.15, 0.2) is 0 Å². The number of benzene rings is 2. The van der Waals surface area contributed by atoms with Crippen molar-refractivity contribution >= 4 is 50.8 Å². The molecule has 14 nitrogen and oxygen atoms in total. The molecule has 4 amide bonds. The van der Waals surface area contributed by atoms with Gasteiger partial charge in [-0.1, -0.05) is 81.3 Å². The maximum absolute atomic E-state index is 14.8. The van der Waals surface area contributed by atoms with Gasteiger partial charge in [0.05, 0.1) is 36.7 Å². The van der Waals surface area contributed by atoms with E-state index in [1.54, 1.807) is 7.11 Å². The summed E-state index contributed by atoms with van der Waals surface area (Å²) in [4.78, 5) is 63.3. The number of fused-ring (bicyclic) bond motifs is 4. The summed E-state index contributed by atoms with van der Waals surface area (Å²) in [6.45, 7) is 4.14. The van der Waals surface area contributed by atoms with E-state index in [4.69, 9.17) is 19.2 Å². The maximum Gasteiger partial charge on any atom is 0.407 e. The molecular weight excluding hydrogens is 799 g/mol. The third kappa shape index (κ3) is 9.41. The molecule has 4 heterocycles. The minimum atomic E-state index is -3.91. The highest BCUT2D eigenvalue weighted by atomic mass is 32.2. The minimum Gasteiger partial charge on any atom is -0.496 e. The quantitative estimate of drug-likeness (QED) is 0.251. The van der Waals surface area contributed by atoms with E-state index in [0.717, 1.165) is 24.0 Å². The highest BCUT2D eigenvalue weighted by Gasteiger charge is 2.62. The lowest BCUT2D eigenvalue weighted by Gasteiger charge is -2.30. The Balaban J connectivity index is 1.20. The van der Waals surface area contributed by atoms with E-state index in [9.17, 15) is 27.6 Å². The van der Waals surface area contributed by atoms with Gasteiger partial charge in [-0.2, -0.15) is 0 Å². The van der Waals surface area contributed by atoms with Gasteiger partial charge in [-0.3, -0.25) is 19.1 Å². The van der Waals surface area contributed by atoms with Crippen molar-refractivity contribution in [2.75, 3.05) is 20.3 Å². The van der Waals surface area contributed by atoms with Crippen LogP contribution >= 0.6 is 0 Å². The Hall–Kier alpha value is -5.44. The van der Waals surface area contributed by atoms with Crippen LogP contribution in [-0.4, -0.2) is 91.4 Å². The number of sulfonamides is 1. The monoisotopic (exact) mass is 853 g/mol. The van der Waals surface area contributed by atoms with Crippen LogP contribution in [0.15, 0.2) is 66.8 Å². The van der Waals surface area contributed by atoms with Gasteiger partial charge < -0.3 is 29.7 Å². The summed E-state index contributed by atoms with van der Waals surface area (Å²) in [5.74, 6) is -1.20. The second kappa shape index (κ2) is 17.1. The number of carbonyl (C=O) groups excluding carboxylic acids is 4.